The third-order valence-electron chi connectivity index (χ3n) is 2.34. The van der Waals surface area contributed by atoms with Crippen LogP contribution in [-0.2, 0) is 0 Å². The van der Waals surface area contributed by atoms with Gasteiger partial charge in [0.1, 0.15) is 5.58 Å². The van der Waals surface area contributed by atoms with Crippen molar-refractivity contribution < 1.29 is 4.42 Å². The zero-order chi connectivity index (χ0) is 10.3. The molecule has 0 amide bonds. The Kier molecular flexibility index (Phi) is 1.81. The van der Waals surface area contributed by atoms with Gasteiger partial charge < -0.3 is 10.2 Å². The Bertz CT molecular complexity index is 555. The molecule has 0 aliphatic carbocycles. The van der Waals surface area contributed by atoms with Crippen molar-refractivity contribution in [2.75, 3.05) is 5.73 Å². The SMILES string of the molecule is Cc1cc2c(C)cc(=O)oc2cc1N. The summed E-state index contributed by atoms with van der Waals surface area (Å²) in [5, 5.41) is 0.941. The summed E-state index contributed by atoms with van der Waals surface area (Å²) in [5.74, 6) is 0. The minimum absolute atomic E-state index is 0.335. The maximum atomic E-state index is 11.1. The maximum absolute atomic E-state index is 11.1. The molecule has 1 aromatic heterocycles. The molecule has 0 radical (unpaired) electrons. The third-order valence-corrected chi connectivity index (χ3v) is 2.34. The average molecular weight is 189 g/mol. The van der Waals surface area contributed by atoms with Gasteiger partial charge in [-0.25, -0.2) is 4.79 Å². The molecule has 1 aromatic carbocycles. The molecule has 0 aliphatic rings. The number of anilines is 1. The van der Waals surface area contributed by atoms with E-state index in [1.54, 1.807) is 6.07 Å². The van der Waals surface area contributed by atoms with Gasteiger partial charge in [-0.1, -0.05) is 0 Å². The molecule has 2 aromatic rings. The predicted octanol–water partition coefficient (Wildman–Crippen LogP) is 1.99. The van der Waals surface area contributed by atoms with Crippen LogP contribution >= 0.6 is 0 Å². The van der Waals surface area contributed by atoms with Gasteiger partial charge in [0, 0.05) is 23.2 Å². The lowest BCUT2D eigenvalue weighted by molar-refractivity contribution is 0.560. The first kappa shape index (κ1) is 8.81. The molecule has 0 spiro atoms. The van der Waals surface area contributed by atoms with E-state index in [1.807, 2.05) is 19.9 Å². The van der Waals surface area contributed by atoms with Gasteiger partial charge in [-0.15, -0.1) is 0 Å². The molecule has 2 N–H and O–H groups in total. The van der Waals surface area contributed by atoms with Crippen LogP contribution in [0.4, 0.5) is 5.69 Å². The molecule has 0 atom stereocenters. The van der Waals surface area contributed by atoms with E-state index in [4.69, 9.17) is 10.2 Å². The third kappa shape index (κ3) is 1.27. The van der Waals surface area contributed by atoms with Gasteiger partial charge in [0.25, 0.3) is 0 Å². The number of hydrogen-bond acceptors (Lipinski definition) is 3. The molecule has 0 fully saturated rings. The number of benzene rings is 1. The van der Waals surface area contributed by atoms with Gasteiger partial charge in [-0.05, 0) is 31.0 Å². The summed E-state index contributed by atoms with van der Waals surface area (Å²) >= 11 is 0. The van der Waals surface area contributed by atoms with E-state index in [1.165, 1.54) is 6.07 Å². The Balaban J connectivity index is 2.96. The van der Waals surface area contributed by atoms with Crippen LogP contribution in [0.15, 0.2) is 27.4 Å². The van der Waals surface area contributed by atoms with Crippen LogP contribution in [0.25, 0.3) is 11.0 Å². The lowest BCUT2D eigenvalue weighted by atomic mass is 10.1. The molecule has 72 valence electrons. The Morgan fingerprint density at radius 3 is 2.57 bits per heavy atom. The summed E-state index contributed by atoms with van der Waals surface area (Å²) in [7, 11) is 0. The van der Waals surface area contributed by atoms with Crippen molar-refractivity contribution in [3.8, 4) is 0 Å². The summed E-state index contributed by atoms with van der Waals surface area (Å²) in [6.45, 7) is 3.81. The van der Waals surface area contributed by atoms with Gasteiger partial charge >= 0.3 is 5.63 Å². The van der Waals surface area contributed by atoms with Crippen LogP contribution < -0.4 is 11.4 Å². The van der Waals surface area contributed by atoms with Gasteiger partial charge in [0.2, 0.25) is 0 Å². The number of hydrogen-bond donors (Lipinski definition) is 1. The second-order valence-electron chi connectivity index (χ2n) is 3.45. The van der Waals surface area contributed by atoms with Crippen molar-refractivity contribution in [1.82, 2.24) is 0 Å². The van der Waals surface area contributed by atoms with Crippen molar-refractivity contribution in [3.63, 3.8) is 0 Å². The molecule has 0 bridgehead atoms. The highest BCUT2D eigenvalue weighted by Crippen LogP contribution is 2.22. The first-order valence-electron chi connectivity index (χ1n) is 4.38. The molecule has 1 heterocycles. The fourth-order valence-electron chi connectivity index (χ4n) is 1.49. The monoisotopic (exact) mass is 189 g/mol. The molecule has 14 heavy (non-hydrogen) atoms. The lowest BCUT2D eigenvalue weighted by Gasteiger charge is -2.04. The first-order chi connectivity index (χ1) is 6.58. The van der Waals surface area contributed by atoms with E-state index in [9.17, 15) is 4.79 Å². The molecule has 3 heteroatoms. The smallest absolute Gasteiger partial charge is 0.336 e. The molecule has 0 aliphatic heterocycles. The molecule has 0 unspecified atom stereocenters. The first-order valence-corrected chi connectivity index (χ1v) is 4.38. The maximum Gasteiger partial charge on any atom is 0.336 e. The van der Waals surface area contributed by atoms with Crippen LogP contribution in [0.2, 0.25) is 0 Å². The molecule has 2 rings (SSSR count). The standard InChI is InChI=1S/C11H11NO2/c1-6-4-11(13)14-10-5-9(12)7(2)3-8(6)10/h3-5H,12H2,1-2H3. The lowest BCUT2D eigenvalue weighted by Crippen LogP contribution is -1.99. The highest BCUT2D eigenvalue weighted by Gasteiger charge is 2.04. The molecule has 0 saturated heterocycles. The van der Waals surface area contributed by atoms with Crippen LogP contribution in [0.5, 0.6) is 0 Å². The average Bonchev–Trinajstić information content (AvgIpc) is 2.08. The minimum atomic E-state index is -0.335. The van der Waals surface area contributed by atoms with Crippen LogP contribution in [0.1, 0.15) is 11.1 Å². The van der Waals surface area contributed by atoms with E-state index in [0.717, 1.165) is 16.5 Å². The Labute approximate surface area is 81.1 Å². The summed E-state index contributed by atoms with van der Waals surface area (Å²) in [5.41, 5.74) is 8.50. The molecule has 0 saturated carbocycles. The zero-order valence-electron chi connectivity index (χ0n) is 8.13. The van der Waals surface area contributed by atoms with Crippen molar-refractivity contribution in [3.05, 3.63) is 39.7 Å². The second kappa shape index (κ2) is 2.87. The van der Waals surface area contributed by atoms with E-state index >= 15 is 0 Å². The molecular formula is C11H11NO2. The van der Waals surface area contributed by atoms with Crippen molar-refractivity contribution in [2.45, 2.75) is 13.8 Å². The van der Waals surface area contributed by atoms with Gasteiger partial charge in [-0.2, -0.15) is 0 Å². The number of aryl methyl sites for hydroxylation is 2. The summed E-state index contributed by atoms with van der Waals surface area (Å²) in [4.78, 5) is 11.1. The summed E-state index contributed by atoms with van der Waals surface area (Å²) in [6.07, 6.45) is 0. The van der Waals surface area contributed by atoms with Crippen LogP contribution in [0.3, 0.4) is 0 Å². The largest absolute Gasteiger partial charge is 0.423 e. The number of fused-ring (bicyclic) bond motifs is 1. The van der Waals surface area contributed by atoms with E-state index in [2.05, 4.69) is 0 Å². The molecular weight excluding hydrogens is 178 g/mol. The highest BCUT2D eigenvalue weighted by molar-refractivity contribution is 5.84. The van der Waals surface area contributed by atoms with Gasteiger partial charge in [-0.3, -0.25) is 0 Å². The zero-order valence-corrected chi connectivity index (χ0v) is 8.13. The van der Waals surface area contributed by atoms with Crippen molar-refractivity contribution in [1.29, 1.82) is 0 Å². The van der Waals surface area contributed by atoms with Crippen LogP contribution in [-0.4, -0.2) is 0 Å². The van der Waals surface area contributed by atoms with E-state index in [-0.39, 0.29) is 5.63 Å². The van der Waals surface area contributed by atoms with Gasteiger partial charge in [0.15, 0.2) is 0 Å². The number of rotatable bonds is 0. The normalized spacial score (nSPS) is 10.7. The highest BCUT2D eigenvalue weighted by atomic mass is 16.4. The van der Waals surface area contributed by atoms with E-state index < -0.39 is 0 Å². The minimum Gasteiger partial charge on any atom is -0.423 e. The summed E-state index contributed by atoms with van der Waals surface area (Å²) < 4.78 is 5.04. The Morgan fingerprint density at radius 2 is 1.86 bits per heavy atom. The second-order valence-corrected chi connectivity index (χ2v) is 3.45. The van der Waals surface area contributed by atoms with Crippen molar-refractivity contribution in [2.24, 2.45) is 0 Å². The van der Waals surface area contributed by atoms with Crippen molar-refractivity contribution >= 4 is 16.7 Å². The molecule has 3 nitrogen and oxygen atoms in total. The topological polar surface area (TPSA) is 56.2 Å². The van der Waals surface area contributed by atoms with Crippen LogP contribution in [0, 0.1) is 13.8 Å². The number of nitrogens with two attached hydrogens (primary N) is 1. The Morgan fingerprint density at radius 1 is 1.14 bits per heavy atom. The van der Waals surface area contributed by atoms with E-state index in [0.29, 0.717) is 11.3 Å². The Hall–Kier alpha value is -1.77. The number of nitrogen functional groups attached to an aromatic ring is 1. The van der Waals surface area contributed by atoms with Gasteiger partial charge in [0.05, 0.1) is 0 Å². The quantitative estimate of drug-likeness (QED) is 0.509. The summed E-state index contributed by atoms with van der Waals surface area (Å²) in [6, 6.07) is 5.11. The fourth-order valence-corrected chi connectivity index (χ4v) is 1.49. The fraction of sp³-hybridized carbons (Fsp3) is 0.182. The predicted molar refractivity (Wildman–Crippen MR) is 56.4 cm³/mol.